The fourth-order valence-corrected chi connectivity index (χ4v) is 3.43. The normalized spacial score (nSPS) is 13.9. The minimum atomic E-state index is -1.39. The number of aliphatic carboxylic acids is 2. The van der Waals surface area contributed by atoms with Crippen LogP contribution in [0.5, 0.6) is 0 Å². The maximum Gasteiger partial charge on any atom is 0.326 e. The molecule has 1 aromatic rings. The van der Waals surface area contributed by atoms with Gasteiger partial charge in [-0.15, -0.1) is 0 Å². The van der Waals surface area contributed by atoms with E-state index in [1.54, 1.807) is 44.2 Å². The minimum absolute atomic E-state index is 0.0349. The second-order valence-electron chi connectivity index (χ2n) is 9.03. The number of carbonyl (C=O) groups excluding carboxylic acids is 3. The predicted octanol–water partition coefficient (Wildman–Crippen LogP) is -1.72. The summed E-state index contributed by atoms with van der Waals surface area (Å²) in [6.07, 6.45) is -0.268. The topological polar surface area (TPSA) is 252 Å². The van der Waals surface area contributed by atoms with Crippen LogP contribution in [0.25, 0.3) is 0 Å². The van der Waals surface area contributed by atoms with Crippen LogP contribution in [0.15, 0.2) is 35.3 Å². The fourth-order valence-electron chi connectivity index (χ4n) is 3.43. The van der Waals surface area contributed by atoms with E-state index < -0.39 is 66.2 Å². The summed E-state index contributed by atoms with van der Waals surface area (Å²) < 4.78 is 0. The van der Waals surface area contributed by atoms with Crippen LogP contribution in [0.2, 0.25) is 0 Å². The van der Waals surface area contributed by atoms with Crippen molar-refractivity contribution >= 4 is 35.6 Å². The zero-order valence-corrected chi connectivity index (χ0v) is 21.4. The second kappa shape index (κ2) is 15.8. The molecule has 38 heavy (non-hydrogen) atoms. The van der Waals surface area contributed by atoms with Gasteiger partial charge in [0.05, 0.1) is 12.5 Å². The number of benzene rings is 1. The summed E-state index contributed by atoms with van der Waals surface area (Å²) in [5.74, 6) is -5.42. The molecule has 4 unspecified atom stereocenters. The number of guanidine groups is 1. The van der Waals surface area contributed by atoms with Gasteiger partial charge in [0.25, 0.3) is 0 Å². The summed E-state index contributed by atoms with van der Waals surface area (Å²) in [5, 5.41) is 25.9. The Hall–Kier alpha value is -4.20. The molecule has 3 amide bonds. The zero-order valence-electron chi connectivity index (χ0n) is 21.4. The summed E-state index contributed by atoms with van der Waals surface area (Å²) >= 11 is 0. The average molecular weight is 536 g/mol. The van der Waals surface area contributed by atoms with Crippen LogP contribution in [-0.2, 0) is 30.4 Å². The Morgan fingerprint density at radius 3 is 2.03 bits per heavy atom. The van der Waals surface area contributed by atoms with E-state index >= 15 is 0 Å². The van der Waals surface area contributed by atoms with Gasteiger partial charge < -0.3 is 43.4 Å². The van der Waals surface area contributed by atoms with Crippen LogP contribution in [0, 0.1) is 5.92 Å². The van der Waals surface area contributed by atoms with E-state index in [0.717, 1.165) is 0 Å². The number of nitrogens with zero attached hydrogens (tertiary/aromatic N) is 1. The third kappa shape index (κ3) is 11.7. The Morgan fingerprint density at radius 1 is 0.895 bits per heavy atom. The molecule has 0 aliphatic heterocycles. The van der Waals surface area contributed by atoms with Gasteiger partial charge in [0.15, 0.2) is 5.96 Å². The lowest BCUT2D eigenvalue weighted by molar-refractivity contribution is -0.142. The van der Waals surface area contributed by atoms with Gasteiger partial charge >= 0.3 is 11.9 Å². The highest BCUT2D eigenvalue weighted by Gasteiger charge is 2.32. The van der Waals surface area contributed by atoms with Crippen molar-refractivity contribution in [2.45, 2.75) is 63.7 Å². The Kier molecular flexibility index (Phi) is 13.2. The second-order valence-corrected chi connectivity index (χ2v) is 9.03. The molecule has 0 fully saturated rings. The van der Waals surface area contributed by atoms with Crippen molar-refractivity contribution in [3.05, 3.63) is 35.9 Å². The van der Waals surface area contributed by atoms with E-state index in [2.05, 4.69) is 20.9 Å². The van der Waals surface area contributed by atoms with Crippen molar-refractivity contribution in [2.75, 3.05) is 6.54 Å². The van der Waals surface area contributed by atoms with Gasteiger partial charge in [-0.1, -0.05) is 44.2 Å². The molecule has 4 atom stereocenters. The van der Waals surface area contributed by atoms with Gasteiger partial charge in [-0.05, 0) is 24.3 Å². The van der Waals surface area contributed by atoms with Crippen molar-refractivity contribution in [2.24, 2.45) is 28.1 Å². The van der Waals surface area contributed by atoms with Gasteiger partial charge in [-0.25, -0.2) is 4.79 Å². The van der Waals surface area contributed by atoms with Gasteiger partial charge in [0.1, 0.15) is 18.1 Å². The Balaban J connectivity index is 3.02. The number of nitrogens with one attached hydrogen (secondary N) is 3. The van der Waals surface area contributed by atoms with E-state index in [0.29, 0.717) is 5.56 Å². The standard InChI is InChI=1S/C24H37N7O7/c1-13(2)19(22(36)29-16(23(37)38)9-6-10-28-24(26)27)31-21(35)17(11-14-7-4-3-5-8-14)30-20(34)15(25)12-18(32)33/h3-5,7-8,13,15-17,19H,6,9-12,25H2,1-2H3,(H,29,36)(H,30,34)(H,31,35)(H,32,33)(H,37,38)(H4,26,27,28). The quantitative estimate of drug-likeness (QED) is 0.0675. The molecule has 210 valence electrons. The van der Waals surface area contributed by atoms with E-state index in [-0.39, 0.29) is 31.8 Å². The molecule has 14 heteroatoms. The molecule has 0 saturated heterocycles. The number of hydrogen-bond donors (Lipinski definition) is 8. The van der Waals surface area contributed by atoms with Crippen LogP contribution in [-0.4, -0.2) is 76.5 Å². The van der Waals surface area contributed by atoms with Gasteiger partial charge in [-0.2, -0.15) is 0 Å². The first kappa shape index (κ1) is 31.8. The Bertz CT molecular complexity index is 997. The highest BCUT2D eigenvalue weighted by molar-refractivity contribution is 5.95. The number of aliphatic imine (C=N–C) groups is 1. The van der Waals surface area contributed by atoms with Crippen molar-refractivity contribution in [1.29, 1.82) is 0 Å². The number of carboxylic acids is 2. The maximum absolute atomic E-state index is 13.2. The Labute approximate surface area is 220 Å². The molecule has 0 radical (unpaired) electrons. The fraction of sp³-hybridized carbons (Fsp3) is 0.500. The average Bonchev–Trinajstić information content (AvgIpc) is 2.83. The monoisotopic (exact) mass is 535 g/mol. The third-order valence-electron chi connectivity index (χ3n) is 5.45. The van der Waals surface area contributed by atoms with Crippen LogP contribution >= 0.6 is 0 Å². The molecule has 14 nitrogen and oxygen atoms in total. The molecule has 0 aliphatic carbocycles. The highest BCUT2D eigenvalue weighted by Crippen LogP contribution is 2.09. The largest absolute Gasteiger partial charge is 0.481 e. The number of nitrogens with two attached hydrogens (primary N) is 3. The maximum atomic E-state index is 13.2. The molecule has 0 spiro atoms. The number of carboxylic acid groups (broad SMARTS) is 2. The van der Waals surface area contributed by atoms with Gasteiger partial charge in [0.2, 0.25) is 17.7 Å². The summed E-state index contributed by atoms with van der Waals surface area (Å²) in [7, 11) is 0. The predicted molar refractivity (Wildman–Crippen MR) is 139 cm³/mol. The summed E-state index contributed by atoms with van der Waals surface area (Å²) in [5.41, 5.74) is 16.8. The number of carbonyl (C=O) groups is 5. The van der Waals surface area contributed by atoms with Crippen molar-refractivity contribution in [3.8, 4) is 0 Å². The lowest BCUT2D eigenvalue weighted by Crippen LogP contribution is -2.59. The first-order chi connectivity index (χ1) is 17.8. The molecule has 1 aromatic carbocycles. The molecule has 1 rings (SSSR count). The SMILES string of the molecule is CC(C)C(NC(=O)C(Cc1ccccc1)NC(=O)C(N)CC(=O)O)C(=O)NC(CCCN=C(N)N)C(=O)O. The molecule has 0 bridgehead atoms. The summed E-state index contributed by atoms with van der Waals surface area (Å²) in [6, 6.07) is 3.76. The molecule has 11 N–H and O–H groups in total. The molecule has 0 aliphatic rings. The van der Waals surface area contributed by atoms with Crippen LogP contribution in [0.4, 0.5) is 0 Å². The van der Waals surface area contributed by atoms with E-state index in [1.165, 1.54) is 0 Å². The van der Waals surface area contributed by atoms with Crippen LogP contribution in [0.3, 0.4) is 0 Å². The molecule has 0 saturated carbocycles. The van der Waals surface area contributed by atoms with E-state index in [9.17, 15) is 29.1 Å². The van der Waals surface area contributed by atoms with Crippen molar-refractivity contribution in [1.82, 2.24) is 16.0 Å². The molecular formula is C24H37N7O7. The smallest absolute Gasteiger partial charge is 0.326 e. The molecule has 0 heterocycles. The lowest BCUT2D eigenvalue weighted by atomic mass is 10.00. The number of amides is 3. The third-order valence-corrected chi connectivity index (χ3v) is 5.45. The first-order valence-corrected chi connectivity index (χ1v) is 12.0. The van der Waals surface area contributed by atoms with Crippen molar-refractivity contribution in [3.63, 3.8) is 0 Å². The van der Waals surface area contributed by atoms with Gasteiger partial charge in [0, 0.05) is 13.0 Å². The minimum Gasteiger partial charge on any atom is -0.481 e. The van der Waals surface area contributed by atoms with E-state index in [1.807, 2.05) is 0 Å². The lowest BCUT2D eigenvalue weighted by Gasteiger charge is -2.27. The van der Waals surface area contributed by atoms with Crippen molar-refractivity contribution < 1.29 is 34.2 Å². The zero-order chi connectivity index (χ0) is 28.8. The molecule has 0 aromatic heterocycles. The first-order valence-electron chi connectivity index (χ1n) is 12.0. The Morgan fingerprint density at radius 2 is 1.50 bits per heavy atom. The highest BCUT2D eigenvalue weighted by atomic mass is 16.4. The van der Waals surface area contributed by atoms with Crippen LogP contribution < -0.4 is 33.2 Å². The number of hydrogen-bond acceptors (Lipinski definition) is 7. The van der Waals surface area contributed by atoms with E-state index in [4.69, 9.17) is 22.3 Å². The number of rotatable bonds is 16. The van der Waals surface area contributed by atoms with Crippen LogP contribution in [0.1, 0.15) is 38.7 Å². The van der Waals surface area contributed by atoms with Gasteiger partial charge in [-0.3, -0.25) is 24.2 Å². The summed E-state index contributed by atoms with van der Waals surface area (Å²) in [6.45, 7) is 3.50. The molecular weight excluding hydrogens is 498 g/mol. The summed E-state index contributed by atoms with van der Waals surface area (Å²) in [4.78, 5) is 65.0.